The van der Waals surface area contributed by atoms with E-state index in [0.717, 1.165) is 54.5 Å². The van der Waals surface area contributed by atoms with E-state index in [4.69, 9.17) is 0 Å². The fourth-order valence-corrected chi connectivity index (χ4v) is 4.47. The first-order chi connectivity index (χ1) is 16.8. The van der Waals surface area contributed by atoms with Gasteiger partial charge in [-0.1, -0.05) is 0 Å². The Balaban J connectivity index is 1.32. The maximum absolute atomic E-state index is 13.6. The van der Waals surface area contributed by atoms with Crippen molar-refractivity contribution in [2.24, 2.45) is 0 Å². The van der Waals surface area contributed by atoms with Crippen LogP contribution in [0, 0.1) is 6.92 Å². The summed E-state index contributed by atoms with van der Waals surface area (Å²) in [6.07, 6.45) is 0.856. The molecule has 1 aliphatic carbocycles. The average Bonchev–Trinajstić information content (AvgIpc) is 3.18. The van der Waals surface area contributed by atoms with Crippen molar-refractivity contribution in [3.05, 3.63) is 58.3 Å². The molecule has 0 fully saturated rings. The van der Waals surface area contributed by atoms with Gasteiger partial charge in [0.15, 0.2) is 0 Å². The Labute approximate surface area is 199 Å². The number of hydrogen-bond donors (Lipinski definition) is 3. The second kappa shape index (κ2) is 9.12. The minimum Gasteiger partial charge on any atom is -0.369 e. The molecule has 2 aromatic heterocycles. The minimum absolute atomic E-state index is 0.0126. The first-order valence-corrected chi connectivity index (χ1v) is 11.5. The van der Waals surface area contributed by atoms with E-state index < -0.39 is 11.7 Å². The number of fused-ring (bicyclic) bond motifs is 2. The number of halogens is 3. The smallest absolute Gasteiger partial charge is 0.369 e. The molecule has 3 N–H and O–H groups in total. The lowest BCUT2D eigenvalue weighted by atomic mass is 9.95. The third kappa shape index (κ3) is 5.03. The van der Waals surface area contributed by atoms with Crippen molar-refractivity contribution in [3.63, 3.8) is 0 Å². The van der Waals surface area contributed by atoms with Crippen LogP contribution in [0.15, 0.2) is 24.4 Å². The van der Waals surface area contributed by atoms with Gasteiger partial charge in [0, 0.05) is 41.9 Å². The fourth-order valence-electron chi connectivity index (χ4n) is 4.47. The fraction of sp³-hybridized carbons (Fsp3) is 0.375. The highest BCUT2D eigenvalue weighted by Crippen LogP contribution is 2.34. The van der Waals surface area contributed by atoms with Crippen LogP contribution in [-0.4, -0.2) is 32.4 Å². The molecule has 0 saturated carbocycles. The lowest BCUT2D eigenvalue weighted by molar-refractivity contribution is -0.137. The van der Waals surface area contributed by atoms with Gasteiger partial charge in [-0.05, 0) is 61.9 Å². The van der Waals surface area contributed by atoms with Gasteiger partial charge in [-0.25, -0.2) is 15.0 Å². The third-order valence-electron chi connectivity index (χ3n) is 6.16. The van der Waals surface area contributed by atoms with Crippen molar-refractivity contribution in [3.8, 4) is 0 Å². The van der Waals surface area contributed by atoms with E-state index in [1.807, 2.05) is 6.92 Å². The van der Waals surface area contributed by atoms with Crippen LogP contribution in [0.3, 0.4) is 0 Å². The molecular formula is C24H24F3N7O. The van der Waals surface area contributed by atoms with Crippen LogP contribution >= 0.6 is 0 Å². The molecule has 3 heterocycles. The number of anilines is 4. The zero-order chi connectivity index (χ0) is 24.6. The van der Waals surface area contributed by atoms with Crippen molar-refractivity contribution in [2.75, 3.05) is 22.5 Å². The Kier molecular flexibility index (Phi) is 6.00. The molecule has 5 rings (SSSR count). The monoisotopic (exact) mass is 483 g/mol. The van der Waals surface area contributed by atoms with Gasteiger partial charge in [0.1, 0.15) is 17.2 Å². The summed E-state index contributed by atoms with van der Waals surface area (Å²) >= 11 is 0. The number of nitrogens with zero attached hydrogens (tertiary/aromatic N) is 4. The molecule has 1 aliphatic heterocycles. The van der Waals surface area contributed by atoms with E-state index in [1.54, 1.807) is 18.2 Å². The summed E-state index contributed by atoms with van der Waals surface area (Å²) in [6, 6.07) is 5.18. The predicted molar refractivity (Wildman–Crippen MR) is 125 cm³/mol. The number of aromatic nitrogens is 4. The van der Waals surface area contributed by atoms with Crippen LogP contribution in [0.5, 0.6) is 0 Å². The van der Waals surface area contributed by atoms with Crippen LogP contribution in [0.25, 0.3) is 0 Å². The number of aryl methyl sites for hydroxylation is 2. The van der Waals surface area contributed by atoms with Gasteiger partial charge in [0.25, 0.3) is 0 Å². The number of carbonyl (C=O) groups excluding carboxylic acids is 1. The summed E-state index contributed by atoms with van der Waals surface area (Å²) in [5.74, 6) is 0.201. The Morgan fingerprint density at radius 2 is 1.94 bits per heavy atom. The summed E-state index contributed by atoms with van der Waals surface area (Å²) in [6.45, 7) is 2.14. The molecule has 0 saturated heterocycles. The van der Waals surface area contributed by atoms with Crippen LogP contribution in [0.4, 0.5) is 36.3 Å². The lowest BCUT2D eigenvalue weighted by Gasteiger charge is -2.18. The van der Waals surface area contributed by atoms with Crippen molar-refractivity contribution < 1.29 is 18.0 Å². The summed E-state index contributed by atoms with van der Waals surface area (Å²) in [7, 11) is 0. The molecule has 0 atom stereocenters. The van der Waals surface area contributed by atoms with E-state index in [9.17, 15) is 18.0 Å². The molecule has 1 aromatic carbocycles. The maximum atomic E-state index is 13.6. The van der Waals surface area contributed by atoms with Gasteiger partial charge in [-0.3, -0.25) is 4.79 Å². The largest absolute Gasteiger partial charge is 0.421 e. The molecule has 182 valence electrons. The maximum Gasteiger partial charge on any atom is 0.421 e. The number of nitrogens with one attached hydrogen (secondary N) is 3. The SMILES string of the molecule is Cc1nc(CCNc2nc(Nc3ccc4c(c3)CC(=O)N4)ncc2C(F)(F)F)nc2c1CCCC2. The zero-order valence-electron chi connectivity index (χ0n) is 19.1. The topological polar surface area (TPSA) is 105 Å². The lowest BCUT2D eigenvalue weighted by Crippen LogP contribution is -2.18. The molecule has 35 heavy (non-hydrogen) atoms. The molecule has 3 aromatic rings. The third-order valence-corrected chi connectivity index (χ3v) is 6.16. The van der Waals surface area contributed by atoms with Crippen molar-refractivity contribution >= 4 is 29.0 Å². The van der Waals surface area contributed by atoms with Crippen molar-refractivity contribution in [1.29, 1.82) is 0 Å². The molecule has 1 amide bonds. The van der Waals surface area contributed by atoms with Crippen molar-refractivity contribution in [2.45, 2.75) is 51.6 Å². The minimum atomic E-state index is -4.61. The van der Waals surface area contributed by atoms with Crippen LogP contribution in [0.1, 0.15) is 46.7 Å². The highest BCUT2D eigenvalue weighted by Gasteiger charge is 2.35. The van der Waals surface area contributed by atoms with Gasteiger partial charge in [-0.15, -0.1) is 0 Å². The number of alkyl halides is 3. The zero-order valence-corrected chi connectivity index (χ0v) is 19.1. The van der Waals surface area contributed by atoms with E-state index in [-0.39, 0.29) is 30.6 Å². The molecule has 8 nitrogen and oxygen atoms in total. The standard InChI is InChI=1S/C24H24F3N7O/c1-13-16-4-2-3-5-19(16)32-20(30-13)8-9-28-22-17(24(25,26)27)12-29-23(34-22)31-15-6-7-18-14(10-15)11-21(35)33-18/h6-7,10,12H,2-5,8-9,11H2,1H3,(H,33,35)(H2,28,29,31,34). The first-order valence-electron chi connectivity index (χ1n) is 11.5. The Hall–Kier alpha value is -3.76. The molecule has 0 spiro atoms. The number of carbonyl (C=O) groups is 1. The van der Waals surface area contributed by atoms with Crippen LogP contribution in [-0.2, 0) is 36.7 Å². The number of rotatable bonds is 6. The Morgan fingerprint density at radius 3 is 2.77 bits per heavy atom. The number of benzene rings is 1. The summed E-state index contributed by atoms with van der Waals surface area (Å²) < 4.78 is 40.7. The number of hydrogen-bond acceptors (Lipinski definition) is 7. The highest BCUT2D eigenvalue weighted by atomic mass is 19.4. The van der Waals surface area contributed by atoms with Gasteiger partial charge in [-0.2, -0.15) is 18.2 Å². The summed E-state index contributed by atoms with van der Waals surface area (Å²) in [5.41, 5.74) is 4.33. The highest BCUT2D eigenvalue weighted by molar-refractivity contribution is 5.99. The Morgan fingerprint density at radius 1 is 1.11 bits per heavy atom. The second-order valence-electron chi connectivity index (χ2n) is 8.71. The normalized spacial score (nSPS) is 14.8. The molecule has 0 bridgehead atoms. The van der Waals surface area contributed by atoms with Crippen LogP contribution < -0.4 is 16.0 Å². The first kappa shape index (κ1) is 23.0. The van der Waals surface area contributed by atoms with Gasteiger partial charge in [0.05, 0.1) is 6.42 Å². The predicted octanol–water partition coefficient (Wildman–Crippen LogP) is 4.37. The quantitative estimate of drug-likeness (QED) is 0.478. The van der Waals surface area contributed by atoms with Crippen molar-refractivity contribution in [1.82, 2.24) is 19.9 Å². The van der Waals surface area contributed by atoms with E-state index in [1.165, 1.54) is 5.56 Å². The van der Waals surface area contributed by atoms with Gasteiger partial charge < -0.3 is 16.0 Å². The van der Waals surface area contributed by atoms with E-state index >= 15 is 0 Å². The van der Waals surface area contributed by atoms with Gasteiger partial charge >= 0.3 is 6.18 Å². The molecule has 2 aliphatic rings. The molecular weight excluding hydrogens is 459 g/mol. The molecule has 0 unspecified atom stereocenters. The number of amides is 1. The average molecular weight is 483 g/mol. The molecule has 11 heteroatoms. The van der Waals surface area contributed by atoms with E-state index in [0.29, 0.717) is 17.9 Å². The summed E-state index contributed by atoms with van der Waals surface area (Å²) in [4.78, 5) is 28.7. The van der Waals surface area contributed by atoms with Gasteiger partial charge in [0.2, 0.25) is 11.9 Å². The molecule has 0 radical (unpaired) electrons. The second-order valence-corrected chi connectivity index (χ2v) is 8.71. The Bertz CT molecular complexity index is 1290. The van der Waals surface area contributed by atoms with E-state index in [2.05, 4.69) is 35.9 Å². The van der Waals surface area contributed by atoms with Crippen LogP contribution in [0.2, 0.25) is 0 Å². The summed E-state index contributed by atoms with van der Waals surface area (Å²) in [5, 5.41) is 8.45.